The number of halogens is 3. The molecule has 206 valence electrons. The van der Waals surface area contributed by atoms with E-state index in [9.17, 15) is 17.7 Å². The van der Waals surface area contributed by atoms with E-state index in [-0.39, 0.29) is 23.6 Å². The Morgan fingerprint density at radius 1 is 1.13 bits per heavy atom. The normalized spacial score (nSPS) is 15.1. The molecule has 0 fully saturated rings. The molecule has 0 amide bonds. The Morgan fingerprint density at radius 3 is 2.56 bits per heavy atom. The summed E-state index contributed by atoms with van der Waals surface area (Å²) in [6.07, 6.45) is -1.57. The van der Waals surface area contributed by atoms with Crippen LogP contribution in [0.5, 0.6) is 0 Å². The fourth-order valence-corrected chi connectivity index (χ4v) is 5.21. The lowest BCUT2D eigenvalue weighted by molar-refractivity contribution is -0.142. The number of alkyl halides is 3. The molecule has 0 unspecified atom stereocenters. The van der Waals surface area contributed by atoms with Crippen LogP contribution in [0.1, 0.15) is 35.7 Å². The molecule has 39 heavy (non-hydrogen) atoms. The lowest BCUT2D eigenvalue weighted by Gasteiger charge is -2.25. The number of phosphoric ester groups is 1. The van der Waals surface area contributed by atoms with Crippen LogP contribution in [0.4, 0.5) is 13.2 Å². The number of aromatic nitrogens is 3. The quantitative estimate of drug-likeness (QED) is 0.253. The second-order valence-electron chi connectivity index (χ2n) is 9.90. The van der Waals surface area contributed by atoms with Gasteiger partial charge in [0.1, 0.15) is 5.69 Å². The van der Waals surface area contributed by atoms with Crippen molar-refractivity contribution in [1.29, 1.82) is 0 Å². The number of nitrogens with two attached hydrogens (primary N) is 1. The highest BCUT2D eigenvalue weighted by molar-refractivity contribution is 7.46. The summed E-state index contributed by atoms with van der Waals surface area (Å²) in [5.41, 5.74) is 8.17. The number of para-hydroxylation sites is 1. The molecule has 0 saturated heterocycles. The molecular formula is C26H26F3N4O5P. The number of phosphoric acid groups is 1. The van der Waals surface area contributed by atoms with Gasteiger partial charge in [0.15, 0.2) is 11.5 Å². The lowest BCUT2D eigenvalue weighted by atomic mass is 9.86. The third-order valence-corrected chi connectivity index (χ3v) is 7.15. The summed E-state index contributed by atoms with van der Waals surface area (Å²) in [5.74, 6) is 0.0539. The van der Waals surface area contributed by atoms with Crippen LogP contribution in [-0.4, -0.2) is 36.9 Å². The van der Waals surface area contributed by atoms with E-state index < -0.39 is 25.2 Å². The minimum Gasteiger partial charge on any atom is -0.355 e. The van der Waals surface area contributed by atoms with Crippen molar-refractivity contribution >= 4 is 7.82 Å². The van der Waals surface area contributed by atoms with Crippen molar-refractivity contribution in [3.05, 3.63) is 77.1 Å². The van der Waals surface area contributed by atoms with Gasteiger partial charge in [-0.2, -0.15) is 18.3 Å². The molecule has 1 aliphatic carbocycles. The van der Waals surface area contributed by atoms with E-state index in [0.29, 0.717) is 36.9 Å². The van der Waals surface area contributed by atoms with Crippen molar-refractivity contribution in [2.24, 2.45) is 5.73 Å². The predicted octanol–water partition coefficient (Wildman–Crippen LogP) is 5.07. The molecule has 0 bridgehead atoms. The van der Waals surface area contributed by atoms with Gasteiger partial charge in [-0.1, -0.05) is 41.6 Å². The van der Waals surface area contributed by atoms with Crippen molar-refractivity contribution in [3.63, 3.8) is 0 Å². The van der Waals surface area contributed by atoms with Crippen LogP contribution in [0.15, 0.2) is 59.3 Å². The smallest absolute Gasteiger partial charge is 0.355 e. The van der Waals surface area contributed by atoms with E-state index in [2.05, 4.69) is 14.8 Å². The van der Waals surface area contributed by atoms with E-state index in [1.165, 1.54) is 0 Å². The first-order valence-electron chi connectivity index (χ1n) is 12.1. The average Bonchev–Trinajstić information content (AvgIpc) is 3.51. The summed E-state index contributed by atoms with van der Waals surface area (Å²) in [6, 6.07) is 13.8. The molecule has 4 aromatic rings. The van der Waals surface area contributed by atoms with Crippen LogP contribution in [0.3, 0.4) is 0 Å². The molecule has 2 aromatic carbocycles. The van der Waals surface area contributed by atoms with Crippen molar-refractivity contribution in [2.75, 3.05) is 6.61 Å². The minimum atomic E-state index is -4.68. The van der Waals surface area contributed by atoms with Crippen molar-refractivity contribution in [2.45, 2.75) is 44.3 Å². The molecule has 0 saturated carbocycles. The second kappa shape index (κ2) is 10.0. The van der Waals surface area contributed by atoms with Crippen LogP contribution >= 0.6 is 7.82 Å². The third kappa shape index (κ3) is 5.85. The zero-order chi connectivity index (χ0) is 28.0. The summed E-state index contributed by atoms with van der Waals surface area (Å²) >= 11 is 0. The van der Waals surface area contributed by atoms with Gasteiger partial charge in [0, 0.05) is 16.7 Å². The number of hydrogen-bond donors (Lipinski definition) is 3. The van der Waals surface area contributed by atoms with Gasteiger partial charge in [0.05, 0.1) is 24.1 Å². The molecule has 1 atom stereocenters. The summed E-state index contributed by atoms with van der Waals surface area (Å²) < 4.78 is 64.6. The van der Waals surface area contributed by atoms with Crippen LogP contribution in [0, 0.1) is 0 Å². The number of rotatable bonds is 8. The highest BCUT2D eigenvalue weighted by Gasteiger charge is 2.41. The van der Waals surface area contributed by atoms with Gasteiger partial charge in [-0.3, -0.25) is 4.52 Å². The molecule has 0 spiro atoms. The zero-order valence-corrected chi connectivity index (χ0v) is 21.7. The first kappa shape index (κ1) is 27.3. The van der Waals surface area contributed by atoms with Gasteiger partial charge < -0.3 is 20.0 Å². The fraction of sp³-hybridized carbons (Fsp3) is 0.308. The van der Waals surface area contributed by atoms with Gasteiger partial charge >= 0.3 is 14.0 Å². The Morgan fingerprint density at radius 2 is 1.87 bits per heavy atom. The topological polar surface area (TPSA) is 137 Å². The Labute approximate surface area is 221 Å². The van der Waals surface area contributed by atoms with E-state index in [1.54, 1.807) is 37.3 Å². The average molecular weight is 562 g/mol. The molecule has 9 nitrogen and oxygen atoms in total. The van der Waals surface area contributed by atoms with Gasteiger partial charge in [-0.25, -0.2) is 9.25 Å². The summed E-state index contributed by atoms with van der Waals surface area (Å²) in [5, 5.41) is 8.18. The fourth-order valence-electron chi connectivity index (χ4n) is 4.75. The summed E-state index contributed by atoms with van der Waals surface area (Å²) in [6.45, 7) is 1.35. The Hall–Kier alpha value is -3.28. The number of fused-ring (bicyclic) bond motifs is 3. The van der Waals surface area contributed by atoms with Crippen LogP contribution in [0.2, 0.25) is 0 Å². The van der Waals surface area contributed by atoms with E-state index in [1.807, 2.05) is 18.2 Å². The lowest BCUT2D eigenvalue weighted by Crippen LogP contribution is -2.41. The maximum Gasteiger partial charge on any atom is 0.469 e. The number of aryl methyl sites for hydroxylation is 2. The zero-order valence-electron chi connectivity index (χ0n) is 20.9. The van der Waals surface area contributed by atoms with Gasteiger partial charge in [0.2, 0.25) is 0 Å². The maximum absolute atomic E-state index is 14.2. The standard InChI is InChI=1S/C26H26F3N4O5P/c1-25(30,15-37-39(34,35)36)12-11-16-7-9-19-17(13-16)8-10-20-22(19)32-38-23(20)21-14-31-33(24(21)26(27,28)29)18-5-3-2-4-6-18/h2-7,9,13-14H,8,10-12,15,30H2,1H3,(H2,34,35,36)/t25-/m0/s1. The van der Waals surface area contributed by atoms with Gasteiger partial charge in [-0.05, 0) is 55.9 Å². The van der Waals surface area contributed by atoms with Crippen LogP contribution in [-0.2, 0) is 34.5 Å². The third-order valence-electron chi connectivity index (χ3n) is 6.69. The number of benzene rings is 2. The first-order valence-corrected chi connectivity index (χ1v) is 13.7. The SMILES string of the molecule is C[C@](N)(CCc1ccc2c(c1)CCc1c-2noc1-c1cnn(-c2ccccc2)c1C(F)(F)F)COP(=O)(O)O. The Kier molecular flexibility index (Phi) is 7.02. The van der Waals surface area contributed by atoms with Crippen molar-refractivity contribution in [1.82, 2.24) is 14.9 Å². The molecule has 2 aromatic heterocycles. The highest BCUT2D eigenvalue weighted by atomic mass is 31.2. The molecule has 0 aliphatic heterocycles. The second-order valence-corrected chi connectivity index (χ2v) is 11.1. The van der Waals surface area contributed by atoms with Crippen molar-refractivity contribution in [3.8, 4) is 28.3 Å². The molecular weight excluding hydrogens is 536 g/mol. The Balaban J connectivity index is 1.42. The molecule has 2 heterocycles. The molecule has 1 aliphatic rings. The Bertz CT molecular complexity index is 1540. The van der Waals surface area contributed by atoms with Crippen LogP contribution in [0.25, 0.3) is 28.3 Å². The summed E-state index contributed by atoms with van der Waals surface area (Å²) in [7, 11) is -4.62. The highest BCUT2D eigenvalue weighted by Crippen LogP contribution is 2.44. The van der Waals surface area contributed by atoms with E-state index in [0.717, 1.165) is 27.6 Å². The predicted molar refractivity (Wildman–Crippen MR) is 136 cm³/mol. The minimum absolute atomic E-state index is 0.0539. The van der Waals surface area contributed by atoms with E-state index >= 15 is 0 Å². The van der Waals surface area contributed by atoms with Gasteiger partial charge in [-0.15, -0.1) is 0 Å². The first-order chi connectivity index (χ1) is 18.3. The largest absolute Gasteiger partial charge is 0.469 e. The maximum atomic E-state index is 14.2. The number of nitrogens with zero attached hydrogens (tertiary/aromatic N) is 3. The molecule has 5 rings (SSSR count). The molecule has 13 heteroatoms. The molecule has 4 N–H and O–H groups in total. The number of hydrogen-bond acceptors (Lipinski definition) is 6. The van der Waals surface area contributed by atoms with Gasteiger partial charge in [0.25, 0.3) is 0 Å². The molecule has 0 radical (unpaired) electrons. The van der Waals surface area contributed by atoms with Crippen LogP contribution < -0.4 is 5.73 Å². The summed E-state index contributed by atoms with van der Waals surface area (Å²) in [4.78, 5) is 17.8. The monoisotopic (exact) mass is 562 g/mol. The van der Waals surface area contributed by atoms with Crippen molar-refractivity contribution < 1.29 is 36.6 Å². The van der Waals surface area contributed by atoms with E-state index in [4.69, 9.17) is 20.0 Å².